The first-order valence-electron chi connectivity index (χ1n) is 8.61. The Kier molecular flexibility index (Phi) is 5.94. The number of sulfonamides is 1. The van der Waals surface area contributed by atoms with E-state index < -0.39 is 15.9 Å². The number of nitrogens with zero attached hydrogens (tertiary/aromatic N) is 1. The van der Waals surface area contributed by atoms with E-state index in [2.05, 4.69) is 5.32 Å². The van der Waals surface area contributed by atoms with E-state index in [1.807, 2.05) is 6.07 Å². The van der Waals surface area contributed by atoms with Gasteiger partial charge in [-0.05, 0) is 49.2 Å². The molecule has 9 heteroatoms. The lowest BCUT2D eigenvalue weighted by Crippen LogP contribution is -2.32. The molecule has 0 spiro atoms. The fraction of sp³-hybridized carbons (Fsp3) is 0.263. The van der Waals surface area contributed by atoms with Crippen LogP contribution < -0.4 is 10.5 Å². The first kappa shape index (κ1) is 19.8. The normalized spacial score (nSPS) is 17.3. The minimum atomic E-state index is -3.77. The third kappa shape index (κ3) is 4.86. The third-order valence-electron chi connectivity index (χ3n) is 4.26. The van der Waals surface area contributed by atoms with Crippen LogP contribution in [0.1, 0.15) is 18.6 Å². The van der Waals surface area contributed by atoms with E-state index in [1.54, 1.807) is 24.3 Å². The van der Waals surface area contributed by atoms with Gasteiger partial charge in [0.05, 0.1) is 11.0 Å². The highest BCUT2D eigenvalue weighted by molar-refractivity contribution is 7.89. The zero-order chi connectivity index (χ0) is 20.1. The van der Waals surface area contributed by atoms with Crippen LogP contribution in [-0.2, 0) is 19.6 Å². The summed E-state index contributed by atoms with van der Waals surface area (Å²) < 4.78 is 33.7. The molecule has 1 amide bonds. The molecular formula is C19H19N3O5S. The topological polar surface area (TPSA) is 135 Å². The Bertz CT molecular complexity index is 1030. The number of carbonyl (C=O) groups excluding carboxylic acids is 1. The largest absolute Gasteiger partial charge is 0.457 e. The fourth-order valence-corrected chi connectivity index (χ4v) is 3.31. The molecule has 1 aliphatic heterocycles. The number of furan rings is 1. The van der Waals surface area contributed by atoms with Crippen LogP contribution in [-0.4, -0.2) is 33.6 Å². The second-order valence-corrected chi connectivity index (χ2v) is 7.85. The van der Waals surface area contributed by atoms with Crippen molar-refractivity contribution >= 4 is 22.0 Å². The van der Waals surface area contributed by atoms with Crippen LogP contribution in [0.3, 0.4) is 0 Å². The molecular weight excluding hydrogens is 382 g/mol. The first-order valence-corrected chi connectivity index (χ1v) is 10.2. The Morgan fingerprint density at radius 2 is 2.04 bits per heavy atom. The number of primary sulfonamides is 1. The van der Waals surface area contributed by atoms with E-state index in [0.29, 0.717) is 30.2 Å². The summed E-state index contributed by atoms with van der Waals surface area (Å²) in [6.07, 6.45) is 3.19. The van der Waals surface area contributed by atoms with Crippen LogP contribution in [0.4, 0.5) is 0 Å². The van der Waals surface area contributed by atoms with Crippen molar-refractivity contribution in [3.63, 3.8) is 0 Å². The maximum atomic E-state index is 12.2. The number of benzene rings is 1. The molecule has 28 heavy (non-hydrogen) atoms. The molecule has 2 aromatic rings. The number of rotatable bonds is 6. The van der Waals surface area contributed by atoms with Crippen molar-refractivity contribution in [2.45, 2.75) is 23.8 Å². The van der Waals surface area contributed by atoms with Crippen molar-refractivity contribution in [2.75, 3.05) is 13.2 Å². The summed E-state index contributed by atoms with van der Waals surface area (Å²) >= 11 is 0. The monoisotopic (exact) mass is 401 g/mol. The molecule has 8 nitrogen and oxygen atoms in total. The van der Waals surface area contributed by atoms with E-state index in [0.717, 1.165) is 12.8 Å². The number of hydrogen-bond acceptors (Lipinski definition) is 6. The number of hydrogen-bond donors (Lipinski definition) is 2. The lowest BCUT2D eigenvalue weighted by atomic mass is 10.2. The molecule has 1 atom stereocenters. The van der Waals surface area contributed by atoms with Gasteiger partial charge in [0.25, 0.3) is 5.91 Å². The van der Waals surface area contributed by atoms with Crippen LogP contribution in [0.2, 0.25) is 0 Å². The Balaban J connectivity index is 1.71. The number of carbonyl (C=O) groups is 1. The summed E-state index contributed by atoms with van der Waals surface area (Å²) in [6, 6.07) is 11.0. The lowest BCUT2D eigenvalue weighted by Gasteiger charge is -2.09. The van der Waals surface area contributed by atoms with Gasteiger partial charge in [-0.25, -0.2) is 13.6 Å². The molecule has 1 aromatic carbocycles. The molecule has 1 aromatic heterocycles. The van der Waals surface area contributed by atoms with Crippen molar-refractivity contribution in [1.29, 1.82) is 5.26 Å². The Morgan fingerprint density at radius 1 is 1.29 bits per heavy atom. The van der Waals surface area contributed by atoms with Gasteiger partial charge in [0, 0.05) is 24.8 Å². The Morgan fingerprint density at radius 3 is 2.64 bits per heavy atom. The minimum Gasteiger partial charge on any atom is -0.457 e. The third-order valence-corrected chi connectivity index (χ3v) is 5.19. The van der Waals surface area contributed by atoms with E-state index in [1.165, 1.54) is 18.2 Å². The van der Waals surface area contributed by atoms with Crippen molar-refractivity contribution in [3.8, 4) is 17.4 Å². The molecule has 1 fully saturated rings. The summed E-state index contributed by atoms with van der Waals surface area (Å²) in [6.45, 7) is 1.05. The zero-order valence-corrected chi connectivity index (χ0v) is 15.7. The van der Waals surface area contributed by atoms with Gasteiger partial charge in [-0.15, -0.1) is 0 Å². The predicted octanol–water partition coefficient (Wildman–Crippen LogP) is 1.80. The highest BCUT2D eigenvalue weighted by atomic mass is 32.2. The second-order valence-electron chi connectivity index (χ2n) is 6.29. The summed E-state index contributed by atoms with van der Waals surface area (Å²) in [5, 5.41) is 17.0. The van der Waals surface area contributed by atoms with Gasteiger partial charge in [0.1, 0.15) is 23.2 Å². The fourth-order valence-electron chi connectivity index (χ4n) is 2.79. The summed E-state index contributed by atoms with van der Waals surface area (Å²) in [7, 11) is -3.77. The standard InChI is InChI=1S/C19H19N3O5S/c20-11-14(19(23)22-12-16-2-1-9-26-16)10-15-5-8-18(27-15)13-3-6-17(7-4-13)28(21,24)25/h3-8,10,16H,1-2,9,12H2,(H,22,23)(H2,21,24,25)/b14-10-/t16-/m0/s1. The van der Waals surface area contributed by atoms with Gasteiger partial charge in [-0.3, -0.25) is 4.79 Å². The van der Waals surface area contributed by atoms with Crippen molar-refractivity contribution in [3.05, 3.63) is 47.7 Å². The summed E-state index contributed by atoms with van der Waals surface area (Å²) in [5.74, 6) is 0.298. The van der Waals surface area contributed by atoms with Crippen LogP contribution in [0, 0.1) is 11.3 Å². The highest BCUT2D eigenvalue weighted by Gasteiger charge is 2.18. The predicted molar refractivity (Wildman–Crippen MR) is 101 cm³/mol. The van der Waals surface area contributed by atoms with E-state index in [4.69, 9.17) is 14.3 Å². The van der Waals surface area contributed by atoms with Gasteiger partial charge < -0.3 is 14.5 Å². The van der Waals surface area contributed by atoms with Gasteiger partial charge >= 0.3 is 0 Å². The smallest absolute Gasteiger partial charge is 0.262 e. The van der Waals surface area contributed by atoms with Crippen molar-refractivity contribution < 1.29 is 22.4 Å². The molecule has 0 saturated carbocycles. The van der Waals surface area contributed by atoms with Crippen LogP contribution in [0.25, 0.3) is 17.4 Å². The van der Waals surface area contributed by atoms with Crippen LogP contribution in [0.15, 0.2) is 51.3 Å². The number of nitrogens with two attached hydrogens (primary N) is 1. The molecule has 1 saturated heterocycles. The maximum absolute atomic E-state index is 12.2. The molecule has 0 radical (unpaired) electrons. The first-order chi connectivity index (χ1) is 13.4. The number of ether oxygens (including phenoxy) is 1. The number of nitriles is 1. The SMILES string of the molecule is N#C/C(=C/c1ccc(-c2ccc(S(N)(=O)=O)cc2)o1)C(=O)NC[C@@H]1CCCO1. The number of nitrogens with one attached hydrogen (secondary N) is 1. The zero-order valence-electron chi connectivity index (χ0n) is 14.9. The van der Waals surface area contributed by atoms with Gasteiger partial charge in [-0.2, -0.15) is 5.26 Å². The second kappa shape index (κ2) is 8.39. The highest BCUT2D eigenvalue weighted by Crippen LogP contribution is 2.24. The van der Waals surface area contributed by atoms with E-state index in [-0.39, 0.29) is 16.6 Å². The van der Waals surface area contributed by atoms with Crippen molar-refractivity contribution in [1.82, 2.24) is 5.32 Å². The summed E-state index contributed by atoms with van der Waals surface area (Å²) in [4.78, 5) is 12.2. The minimum absolute atomic E-state index is 0.00222. The van der Waals surface area contributed by atoms with E-state index in [9.17, 15) is 18.5 Å². The average molecular weight is 401 g/mol. The van der Waals surface area contributed by atoms with E-state index >= 15 is 0 Å². The van der Waals surface area contributed by atoms with Crippen LogP contribution in [0.5, 0.6) is 0 Å². The van der Waals surface area contributed by atoms with Crippen molar-refractivity contribution in [2.24, 2.45) is 5.14 Å². The maximum Gasteiger partial charge on any atom is 0.262 e. The quantitative estimate of drug-likeness (QED) is 0.560. The molecule has 3 N–H and O–H groups in total. The Hall–Kier alpha value is -2.93. The average Bonchev–Trinajstić information content (AvgIpc) is 3.35. The molecule has 0 bridgehead atoms. The van der Waals surface area contributed by atoms with Gasteiger partial charge in [0.15, 0.2) is 0 Å². The molecule has 3 rings (SSSR count). The lowest BCUT2D eigenvalue weighted by molar-refractivity contribution is -0.117. The molecule has 2 heterocycles. The Labute approximate surface area is 162 Å². The number of amides is 1. The molecule has 146 valence electrons. The van der Waals surface area contributed by atoms with Crippen LogP contribution >= 0.6 is 0 Å². The molecule has 0 aliphatic carbocycles. The van der Waals surface area contributed by atoms with Gasteiger partial charge in [-0.1, -0.05) is 0 Å². The van der Waals surface area contributed by atoms with Gasteiger partial charge in [0.2, 0.25) is 10.0 Å². The summed E-state index contributed by atoms with van der Waals surface area (Å²) in [5.41, 5.74) is 0.553. The molecule has 0 unspecified atom stereocenters. The molecule has 1 aliphatic rings.